The Bertz CT molecular complexity index is 993. The number of sulfonamides is 1. The zero-order valence-corrected chi connectivity index (χ0v) is 15.9. The number of rotatable bonds is 7. The number of hydrogen-bond donors (Lipinski definition) is 0. The highest BCUT2D eigenvalue weighted by molar-refractivity contribution is 7.89. The van der Waals surface area contributed by atoms with Crippen molar-refractivity contribution >= 4 is 10.0 Å². The van der Waals surface area contributed by atoms with Gasteiger partial charge >= 0.3 is 0 Å². The molecular weight excluding hydrogens is 363 g/mol. The number of pyridine rings is 1. The van der Waals surface area contributed by atoms with Gasteiger partial charge in [0.15, 0.2) is 0 Å². The van der Waals surface area contributed by atoms with Crippen LogP contribution in [0, 0.1) is 12.7 Å². The van der Waals surface area contributed by atoms with Gasteiger partial charge in [0.05, 0.1) is 17.1 Å². The highest BCUT2D eigenvalue weighted by Gasteiger charge is 2.25. The first-order valence-electron chi connectivity index (χ1n) is 8.67. The first kappa shape index (κ1) is 19.2. The van der Waals surface area contributed by atoms with E-state index in [-0.39, 0.29) is 11.4 Å². The number of aromatic nitrogens is 1. The summed E-state index contributed by atoms with van der Waals surface area (Å²) in [6.07, 6.45) is 2.21. The van der Waals surface area contributed by atoms with Crippen molar-refractivity contribution in [3.63, 3.8) is 0 Å². The molecule has 0 saturated heterocycles. The summed E-state index contributed by atoms with van der Waals surface area (Å²) in [7, 11) is -3.78. The summed E-state index contributed by atoms with van der Waals surface area (Å²) in [5, 5.41) is 0. The fourth-order valence-corrected chi connectivity index (χ4v) is 4.28. The lowest BCUT2D eigenvalue weighted by molar-refractivity contribution is 0.405. The van der Waals surface area contributed by atoms with Gasteiger partial charge in [-0.05, 0) is 54.8 Å². The maximum atomic E-state index is 13.6. The summed E-state index contributed by atoms with van der Waals surface area (Å²) in [4.78, 5) is 4.33. The van der Waals surface area contributed by atoms with E-state index in [0.717, 1.165) is 5.56 Å². The van der Waals surface area contributed by atoms with Crippen LogP contribution in [0.1, 0.15) is 16.8 Å². The van der Waals surface area contributed by atoms with Crippen molar-refractivity contribution in [2.24, 2.45) is 0 Å². The number of halogens is 1. The second-order valence-corrected chi connectivity index (χ2v) is 8.24. The Balaban J connectivity index is 1.90. The van der Waals surface area contributed by atoms with E-state index in [1.54, 1.807) is 25.3 Å². The summed E-state index contributed by atoms with van der Waals surface area (Å²) in [6.45, 7) is 2.02. The zero-order valence-electron chi connectivity index (χ0n) is 15.0. The monoisotopic (exact) mass is 384 g/mol. The third kappa shape index (κ3) is 4.78. The van der Waals surface area contributed by atoms with E-state index in [0.29, 0.717) is 24.2 Å². The van der Waals surface area contributed by atoms with Gasteiger partial charge < -0.3 is 0 Å². The van der Waals surface area contributed by atoms with Crippen LogP contribution >= 0.6 is 0 Å². The molecule has 3 aromatic rings. The van der Waals surface area contributed by atoms with E-state index < -0.39 is 15.8 Å². The molecule has 0 saturated carbocycles. The van der Waals surface area contributed by atoms with Crippen molar-refractivity contribution in [3.8, 4) is 0 Å². The summed E-state index contributed by atoms with van der Waals surface area (Å²) in [5.74, 6) is -0.422. The Kier molecular flexibility index (Phi) is 5.98. The third-order valence-electron chi connectivity index (χ3n) is 4.32. The minimum absolute atomic E-state index is 0.0883. The molecule has 0 spiro atoms. The van der Waals surface area contributed by atoms with Crippen molar-refractivity contribution in [1.82, 2.24) is 9.29 Å². The second-order valence-electron chi connectivity index (χ2n) is 6.31. The molecule has 6 heteroatoms. The van der Waals surface area contributed by atoms with Crippen LogP contribution in [0.2, 0.25) is 0 Å². The molecule has 27 heavy (non-hydrogen) atoms. The van der Waals surface area contributed by atoms with Crippen molar-refractivity contribution in [1.29, 1.82) is 0 Å². The summed E-state index contributed by atoms with van der Waals surface area (Å²) >= 11 is 0. The topological polar surface area (TPSA) is 50.3 Å². The quantitative estimate of drug-likeness (QED) is 0.619. The third-order valence-corrected chi connectivity index (χ3v) is 6.17. The molecule has 0 aliphatic rings. The maximum absolute atomic E-state index is 13.6. The Hall–Kier alpha value is -2.57. The molecule has 0 unspecified atom stereocenters. The van der Waals surface area contributed by atoms with Crippen LogP contribution < -0.4 is 0 Å². The fourth-order valence-electron chi connectivity index (χ4n) is 2.78. The molecule has 140 valence electrons. The van der Waals surface area contributed by atoms with Gasteiger partial charge in [-0.25, -0.2) is 12.8 Å². The minimum Gasteiger partial charge on any atom is -0.260 e. The summed E-state index contributed by atoms with van der Waals surface area (Å²) < 4.78 is 41.4. The van der Waals surface area contributed by atoms with Crippen LogP contribution in [0.15, 0.2) is 77.8 Å². The average molecular weight is 384 g/mol. The van der Waals surface area contributed by atoms with E-state index in [1.807, 2.05) is 36.4 Å². The largest absolute Gasteiger partial charge is 0.260 e. The molecule has 2 aromatic carbocycles. The van der Waals surface area contributed by atoms with Crippen LogP contribution in [-0.4, -0.2) is 24.3 Å². The normalized spacial score (nSPS) is 11.7. The van der Waals surface area contributed by atoms with Crippen LogP contribution in [-0.2, 0) is 23.0 Å². The van der Waals surface area contributed by atoms with E-state index in [2.05, 4.69) is 4.98 Å². The van der Waals surface area contributed by atoms with Crippen molar-refractivity contribution in [2.45, 2.75) is 24.8 Å². The Morgan fingerprint density at radius 1 is 1.00 bits per heavy atom. The molecular formula is C21H21FN2O2S. The molecule has 1 heterocycles. The molecule has 0 fully saturated rings. The molecule has 0 N–H and O–H groups in total. The van der Waals surface area contributed by atoms with E-state index >= 15 is 0 Å². The van der Waals surface area contributed by atoms with E-state index in [4.69, 9.17) is 0 Å². The number of aryl methyl sites for hydroxylation is 1. The van der Waals surface area contributed by atoms with Crippen LogP contribution in [0.4, 0.5) is 4.39 Å². The molecule has 0 amide bonds. The lowest BCUT2D eigenvalue weighted by Crippen LogP contribution is -2.33. The van der Waals surface area contributed by atoms with Crippen molar-refractivity contribution < 1.29 is 12.8 Å². The second kappa shape index (κ2) is 8.41. The summed E-state index contributed by atoms with van der Waals surface area (Å²) in [6, 6.07) is 19.0. The highest BCUT2D eigenvalue weighted by Crippen LogP contribution is 2.21. The molecule has 0 atom stereocenters. The van der Waals surface area contributed by atoms with Crippen molar-refractivity contribution in [2.75, 3.05) is 6.54 Å². The molecule has 0 aliphatic heterocycles. The van der Waals surface area contributed by atoms with Crippen molar-refractivity contribution in [3.05, 3.63) is 95.6 Å². The lowest BCUT2D eigenvalue weighted by Gasteiger charge is -2.22. The molecule has 0 bridgehead atoms. The van der Waals surface area contributed by atoms with Gasteiger partial charge in [-0.1, -0.05) is 36.4 Å². The average Bonchev–Trinajstić information content (AvgIpc) is 2.68. The number of nitrogens with zero attached hydrogens (tertiary/aromatic N) is 2. The van der Waals surface area contributed by atoms with E-state index in [1.165, 1.54) is 22.5 Å². The highest BCUT2D eigenvalue weighted by atomic mass is 32.2. The maximum Gasteiger partial charge on any atom is 0.243 e. The van der Waals surface area contributed by atoms with Gasteiger partial charge in [0, 0.05) is 12.7 Å². The van der Waals surface area contributed by atoms with Gasteiger partial charge in [-0.15, -0.1) is 0 Å². The smallest absolute Gasteiger partial charge is 0.243 e. The Labute approximate surface area is 159 Å². The van der Waals surface area contributed by atoms with Crippen LogP contribution in [0.25, 0.3) is 0 Å². The van der Waals surface area contributed by atoms with Gasteiger partial charge in [-0.3, -0.25) is 4.98 Å². The molecule has 0 radical (unpaired) electrons. The first-order valence-corrected chi connectivity index (χ1v) is 10.1. The zero-order chi connectivity index (χ0) is 19.3. The fraction of sp³-hybridized carbons (Fsp3) is 0.190. The van der Waals surface area contributed by atoms with Gasteiger partial charge in [0.25, 0.3) is 0 Å². The Morgan fingerprint density at radius 3 is 2.41 bits per heavy atom. The van der Waals surface area contributed by atoms with Gasteiger partial charge in [0.1, 0.15) is 5.82 Å². The first-order chi connectivity index (χ1) is 13.0. The lowest BCUT2D eigenvalue weighted by atomic mass is 10.1. The van der Waals surface area contributed by atoms with E-state index in [9.17, 15) is 12.8 Å². The SMILES string of the molecule is Cc1cc(S(=O)(=O)N(CCc2ccccc2)Cc2ccccn2)ccc1F. The predicted octanol–water partition coefficient (Wildman–Crippen LogP) is 3.96. The Morgan fingerprint density at radius 2 is 1.74 bits per heavy atom. The molecule has 1 aromatic heterocycles. The molecule has 0 aliphatic carbocycles. The minimum atomic E-state index is -3.78. The van der Waals surface area contributed by atoms with Crippen LogP contribution in [0.5, 0.6) is 0 Å². The van der Waals surface area contributed by atoms with Gasteiger partial charge in [0.2, 0.25) is 10.0 Å². The van der Waals surface area contributed by atoms with Gasteiger partial charge in [-0.2, -0.15) is 4.31 Å². The standard InChI is InChI=1S/C21H21FN2O2S/c1-17-15-20(10-11-21(17)22)27(25,26)24(16-19-9-5-6-13-23-19)14-12-18-7-3-2-4-8-18/h2-11,13,15H,12,14,16H2,1H3. The number of hydrogen-bond acceptors (Lipinski definition) is 3. The predicted molar refractivity (Wildman–Crippen MR) is 103 cm³/mol. The number of benzene rings is 2. The van der Waals surface area contributed by atoms with Crippen LogP contribution in [0.3, 0.4) is 0 Å². The molecule has 4 nitrogen and oxygen atoms in total. The summed E-state index contributed by atoms with van der Waals surface area (Å²) in [5.41, 5.74) is 2.01. The molecule has 3 rings (SSSR count).